The second-order valence-electron chi connectivity index (χ2n) is 10.1. The summed E-state index contributed by atoms with van der Waals surface area (Å²) in [6.45, 7) is 7.88. The highest BCUT2D eigenvalue weighted by atomic mass is 35.5. The van der Waals surface area contributed by atoms with Crippen molar-refractivity contribution < 1.29 is 22.0 Å². The number of benzene rings is 1. The summed E-state index contributed by atoms with van der Waals surface area (Å²) < 4.78 is 57.6. The molecule has 0 spiro atoms. The van der Waals surface area contributed by atoms with Gasteiger partial charge in [0.25, 0.3) is 0 Å². The monoisotopic (exact) mass is 628 g/mol. The molecule has 4 heterocycles. The Morgan fingerprint density at radius 2 is 1.93 bits per heavy atom. The molecule has 43 heavy (non-hydrogen) atoms. The third-order valence-corrected chi connectivity index (χ3v) is 8.75. The first-order chi connectivity index (χ1) is 20.4. The Balaban J connectivity index is 1.88. The number of anilines is 1. The number of carbonyl (C=O) groups is 1. The van der Waals surface area contributed by atoms with Crippen LogP contribution in [-0.4, -0.2) is 70.7 Å². The molecule has 224 valence electrons. The van der Waals surface area contributed by atoms with Crippen LogP contribution in [0.5, 0.6) is 0 Å². The van der Waals surface area contributed by atoms with E-state index in [2.05, 4.69) is 21.5 Å². The molecule has 1 aliphatic heterocycles. The standard InChI is InChI=1S/C29H27ClF2N6O4S/c1-5-21-26(22(10-11-33-21)43(4,41)42)38-28-17(14-20(32)25(34-28)24-18(30)8-7-9-19(24)31)27(35-29(38)40)37-13-12-36(15-16(37)3)23(39)6-2/h6-11,14,16H,2,5,12-13,15H2,1,3-4H3/t16-/m0/s1. The van der Waals surface area contributed by atoms with Gasteiger partial charge in [0.1, 0.15) is 17.3 Å². The second-order valence-corrected chi connectivity index (χ2v) is 12.5. The van der Waals surface area contributed by atoms with E-state index in [-0.39, 0.29) is 81.7 Å². The Hall–Kier alpha value is -4.23. The van der Waals surface area contributed by atoms with E-state index < -0.39 is 32.9 Å². The van der Waals surface area contributed by atoms with Gasteiger partial charge in [0.15, 0.2) is 21.3 Å². The summed E-state index contributed by atoms with van der Waals surface area (Å²) >= 11 is 6.27. The molecule has 0 bridgehead atoms. The van der Waals surface area contributed by atoms with Gasteiger partial charge in [-0.3, -0.25) is 9.78 Å². The van der Waals surface area contributed by atoms with Crippen molar-refractivity contribution in [3.8, 4) is 16.9 Å². The van der Waals surface area contributed by atoms with Gasteiger partial charge >= 0.3 is 5.69 Å². The first-order valence-corrected chi connectivity index (χ1v) is 15.6. The van der Waals surface area contributed by atoms with Crippen molar-refractivity contribution in [1.82, 2.24) is 24.4 Å². The van der Waals surface area contributed by atoms with Crippen LogP contribution in [0, 0.1) is 11.6 Å². The largest absolute Gasteiger partial charge is 0.355 e. The first-order valence-electron chi connectivity index (χ1n) is 13.3. The van der Waals surface area contributed by atoms with Crippen molar-refractivity contribution in [2.45, 2.75) is 31.2 Å². The second kappa shape index (κ2) is 11.5. The third-order valence-electron chi connectivity index (χ3n) is 7.31. The average Bonchev–Trinajstić information content (AvgIpc) is 2.96. The van der Waals surface area contributed by atoms with Gasteiger partial charge in [0.2, 0.25) is 5.91 Å². The molecule has 1 atom stereocenters. The van der Waals surface area contributed by atoms with Crippen LogP contribution in [0.2, 0.25) is 5.02 Å². The molecule has 1 aliphatic rings. The molecule has 4 aromatic rings. The number of fused-ring (bicyclic) bond motifs is 1. The Bertz CT molecular complexity index is 1950. The molecule has 0 N–H and O–H groups in total. The number of pyridine rings is 2. The van der Waals surface area contributed by atoms with E-state index in [9.17, 15) is 18.0 Å². The van der Waals surface area contributed by atoms with Crippen LogP contribution in [0.15, 0.2) is 58.9 Å². The molecule has 1 saturated heterocycles. The van der Waals surface area contributed by atoms with E-state index in [1.807, 2.05) is 6.92 Å². The van der Waals surface area contributed by atoms with E-state index in [4.69, 9.17) is 11.6 Å². The van der Waals surface area contributed by atoms with Crippen molar-refractivity contribution in [3.05, 3.63) is 82.0 Å². The molecule has 1 amide bonds. The number of nitrogens with zero attached hydrogens (tertiary/aromatic N) is 6. The molecule has 0 radical (unpaired) electrons. The van der Waals surface area contributed by atoms with E-state index in [1.165, 1.54) is 30.5 Å². The normalized spacial score (nSPS) is 15.6. The summed E-state index contributed by atoms with van der Waals surface area (Å²) in [5, 5.41) is -0.0491. The quantitative estimate of drug-likeness (QED) is 0.295. The minimum Gasteiger partial charge on any atom is -0.350 e. The molecule has 0 aliphatic carbocycles. The van der Waals surface area contributed by atoms with Crippen LogP contribution in [-0.2, 0) is 21.1 Å². The van der Waals surface area contributed by atoms with Gasteiger partial charge in [0, 0.05) is 38.1 Å². The molecule has 14 heteroatoms. The van der Waals surface area contributed by atoms with Gasteiger partial charge in [-0.15, -0.1) is 0 Å². The number of amides is 1. The summed E-state index contributed by atoms with van der Waals surface area (Å²) in [5.74, 6) is -1.96. The Labute approximate surface area is 251 Å². The number of sulfone groups is 1. The fourth-order valence-electron chi connectivity index (χ4n) is 5.30. The number of carbonyl (C=O) groups excluding carboxylic acids is 1. The first kappa shape index (κ1) is 30.2. The van der Waals surface area contributed by atoms with Crippen molar-refractivity contribution in [3.63, 3.8) is 0 Å². The highest BCUT2D eigenvalue weighted by Gasteiger charge is 2.31. The smallest absolute Gasteiger partial charge is 0.350 e. The van der Waals surface area contributed by atoms with Crippen molar-refractivity contribution in [2.24, 2.45) is 0 Å². The van der Waals surface area contributed by atoms with Crippen LogP contribution in [0.25, 0.3) is 28.0 Å². The minimum absolute atomic E-state index is 0.0639. The van der Waals surface area contributed by atoms with E-state index >= 15 is 8.78 Å². The summed E-state index contributed by atoms with van der Waals surface area (Å²) in [7, 11) is -3.91. The predicted octanol–water partition coefficient (Wildman–Crippen LogP) is 3.96. The average molecular weight is 629 g/mol. The van der Waals surface area contributed by atoms with Gasteiger partial charge in [-0.25, -0.2) is 31.5 Å². The lowest BCUT2D eigenvalue weighted by molar-refractivity contribution is -0.126. The molecule has 5 rings (SSSR count). The van der Waals surface area contributed by atoms with E-state index in [0.717, 1.165) is 23.0 Å². The predicted molar refractivity (Wildman–Crippen MR) is 159 cm³/mol. The van der Waals surface area contributed by atoms with Crippen LogP contribution < -0.4 is 10.6 Å². The lowest BCUT2D eigenvalue weighted by atomic mass is 10.1. The summed E-state index contributed by atoms with van der Waals surface area (Å²) in [5.41, 5.74) is -1.70. The SMILES string of the molecule is C=CC(=O)N1CCN(c2nc(=O)n(-c3c(S(C)(=O)=O)ccnc3CC)c3nc(-c4c(F)cccc4Cl)c(F)cc23)[C@@H](C)C1. The maximum absolute atomic E-state index is 15.9. The topological polar surface area (TPSA) is 118 Å². The fourth-order valence-corrected chi connectivity index (χ4v) is 6.42. The van der Waals surface area contributed by atoms with E-state index in [0.29, 0.717) is 0 Å². The number of aromatic nitrogens is 4. The number of hydrogen-bond acceptors (Lipinski definition) is 8. The zero-order valence-electron chi connectivity index (χ0n) is 23.5. The number of halogens is 3. The van der Waals surface area contributed by atoms with E-state index in [1.54, 1.807) is 16.7 Å². The van der Waals surface area contributed by atoms with Crippen molar-refractivity contribution in [2.75, 3.05) is 30.8 Å². The molecule has 0 unspecified atom stereocenters. The summed E-state index contributed by atoms with van der Waals surface area (Å²) in [6, 6.07) is 5.81. The number of rotatable bonds is 6. The lowest BCUT2D eigenvalue weighted by Gasteiger charge is -2.40. The molecule has 1 fully saturated rings. The third kappa shape index (κ3) is 5.38. The summed E-state index contributed by atoms with van der Waals surface area (Å²) in [6.07, 6.45) is 3.75. The zero-order valence-corrected chi connectivity index (χ0v) is 25.1. The Kier molecular flexibility index (Phi) is 8.05. The van der Waals surface area contributed by atoms with Gasteiger partial charge in [-0.05, 0) is 43.7 Å². The Morgan fingerprint density at radius 1 is 1.19 bits per heavy atom. The Morgan fingerprint density at radius 3 is 2.56 bits per heavy atom. The number of aryl methyl sites for hydroxylation is 1. The van der Waals surface area contributed by atoms with Crippen molar-refractivity contribution >= 4 is 44.2 Å². The van der Waals surface area contributed by atoms with Gasteiger partial charge in [-0.1, -0.05) is 31.2 Å². The molecular formula is C29H27ClF2N6O4S. The fraction of sp³-hybridized carbons (Fsp3) is 0.276. The van der Waals surface area contributed by atoms with Gasteiger partial charge in [-0.2, -0.15) is 4.98 Å². The molecule has 10 nitrogen and oxygen atoms in total. The minimum atomic E-state index is -3.91. The molecule has 0 saturated carbocycles. The maximum Gasteiger partial charge on any atom is 0.355 e. The van der Waals surface area contributed by atoms with Crippen molar-refractivity contribution in [1.29, 1.82) is 0 Å². The zero-order chi connectivity index (χ0) is 31.2. The highest BCUT2D eigenvalue weighted by Crippen LogP contribution is 2.36. The number of piperazine rings is 1. The molecule has 3 aromatic heterocycles. The van der Waals surface area contributed by atoms with Crippen LogP contribution in [0.4, 0.5) is 14.6 Å². The lowest BCUT2D eigenvalue weighted by Crippen LogP contribution is -2.54. The molecule has 1 aromatic carbocycles. The van der Waals surface area contributed by atoms with Crippen LogP contribution >= 0.6 is 11.6 Å². The number of hydrogen-bond donors (Lipinski definition) is 0. The maximum atomic E-state index is 15.9. The highest BCUT2D eigenvalue weighted by molar-refractivity contribution is 7.90. The van der Waals surface area contributed by atoms with Crippen LogP contribution in [0.1, 0.15) is 19.5 Å². The van der Waals surface area contributed by atoms with Gasteiger partial charge < -0.3 is 9.80 Å². The van der Waals surface area contributed by atoms with Crippen LogP contribution in [0.3, 0.4) is 0 Å². The summed E-state index contributed by atoms with van der Waals surface area (Å²) in [4.78, 5) is 42.3. The van der Waals surface area contributed by atoms with Gasteiger partial charge in [0.05, 0.1) is 32.2 Å². The molecular weight excluding hydrogens is 602 g/mol.